The Morgan fingerprint density at radius 2 is 2.38 bits per heavy atom. The summed E-state index contributed by atoms with van der Waals surface area (Å²) in [5, 5.41) is 24.5. The molecule has 0 saturated carbocycles. The summed E-state index contributed by atoms with van der Waals surface area (Å²) in [6.07, 6.45) is 2.95. The number of rotatable bonds is 6. The zero-order valence-corrected chi connectivity index (χ0v) is 8.88. The molecule has 0 unspecified atom stereocenters. The minimum absolute atomic E-state index is 0.107. The topological polar surface area (TPSA) is 91.3 Å². The van der Waals surface area contributed by atoms with Crippen molar-refractivity contribution < 1.29 is 14.4 Å². The molecule has 0 radical (unpaired) electrons. The van der Waals surface area contributed by atoms with Gasteiger partial charge in [0.05, 0.1) is 11.0 Å². The normalized spacial score (nSPS) is 10.1. The van der Waals surface area contributed by atoms with E-state index in [-0.39, 0.29) is 11.4 Å². The van der Waals surface area contributed by atoms with Gasteiger partial charge in [-0.05, 0) is 6.42 Å². The Labute approximate surface area is 92.4 Å². The summed E-state index contributed by atoms with van der Waals surface area (Å²) >= 11 is 0. The second kappa shape index (κ2) is 5.86. The van der Waals surface area contributed by atoms with E-state index in [0.717, 1.165) is 12.4 Å². The molecule has 1 rings (SSSR count). The Kier molecular flexibility index (Phi) is 4.46. The number of nitrogens with zero attached hydrogens (tertiary/aromatic N) is 2. The van der Waals surface area contributed by atoms with Crippen LogP contribution in [0.15, 0.2) is 18.5 Å². The molecule has 1 N–H and O–H groups in total. The van der Waals surface area contributed by atoms with Gasteiger partial charge in [0, 0.05) is 20.3 Å². The summed E-state index contributed by atoms with van der Waals surface area (Å²) in [7, 11) is 1.58. The third-order valence-electron chi connectivity index (χ3n) is 1.95. The molecule has 7 heteroatoms. The van der Waals surface area contributed by atoms with Crippen molar-refractivity contribution in [3.8, 4) is 0 Å². The number of nitro groups is 1. The Balaban J connectivity index is 2.68. The quantitative estimate of drug-likeness (QED) is 0.253. The predicted molar refractivity (Wildman–Crippen MR) is 57.0 cm³/mol. The number of anilines is 1. The summed E-state index contributed by atoms with van der Waals surface area (Å²) < 4.78 is 5.36. The Hall–Kier alpha value is -1.89. The maximum absolute atomic E-state index is 11.0. The Morgan fingerprint density at radius 3 is 3.00 bits per heavy atom. The fraction of sp³-hybridized carbons (Fsp3) is 0.444. The number of aromatic nitrogens is 1. The summed E-state index contributed by atoms with van der Waals surface area (Å²) in [5.74, 6) is 0. The predicted octanol–water partition coefficient (Wildman–Crippen LogP) is 0.677. The minimum Gasteiger partial charge on any atom is -0.619 e. The maximum Gasteiger partial charge on any atom is 0.304 e. The van der Waals surface area contributed by atoms with E-state index in [9.17, 15) is 15.3 Å². The van der Waals surface area contributed by atoms with Gasteiger partial charge in [-0.15, -0.1) is 0 Å². The molecule has 1 heterocycles. The molecule has 7 nitrogen and oxygen atoms in total. The molecule has 0 saturated heterocycles. The Morgan fingerprint density at radius 1 is 1.62 bits per heavy atom. The van der Waals surface area contributed by atoms with Crippen LogP contribution in [-0.2, 0) is 4.74 Å². The van der Waals surface area contributed by atoms with Crippen molar-refractivity contribution in [2.45, 2.75) is 6.42 Å². The van der Waals surface area contributed by atoms with Crippen molar-refractivity contribution in [1.29, 1.82) is 0 Å². The molecule has 16 heavy (non-hydrogen) atoms. The molecule has 1 aromatic rings. The Bertz CT molecular complexity index is 370. The smallest absolute Gasteiger partial charge is 0.304 e. The monoisotopic (exact) mass is 227 g/mol. The summed E-state index contributed by atoms with van der Waals surface area (Å²) in [5.41, 5.74) is 0.114. The van der Waals surface area contributed by atoms with Crippen LogP contribution in [0, 0.1) is 15.3 Å². The molecule has 0 spiro atoms. The molecule has 0 aliphatic rings. The van der Waals surface area contributed by atoms with Crippen LogP contribution in [0.1, 0.15) is 6.42 Å². The van der Waals surface area contributed by atoms with E-state index in [2.05, 4.69) is 5.32 Å². The number of ether oxygens (including phenoxy) is 1. The van der Waals surface area contributed by atoms with Gasteiger partial charge in [0.2, 0.25) is 6.20 Å². The number of pyridine rings is 1. The first-order chi connectivity index (χ1) is 7.65. The van der Waals surface area contributed by atoms with Crippen LogP contribution < -0.4 is 10.0 Å². The first-order valence-corrected chi connectivity index (χ1v) is 4.75. The maximum atomic E-state index is 11.0. The van der Waals surface area contributed by atoms with Gasteiger partial charge in [0.25, 0.3) is 0 Å². The molecule has 0 aliphatic heterocycles. The average molecular weight is 227 g/mol. The van der Waals surface area contributed by atoms with E-state index >= 15 is 0 Å². The van der Waals surface area contributed by atoms with Crippen molar-refractivity contribution in [1.82, 2.24) is 0 Å². The summed E-state index contributed by atoms with van der Waals surface area (Å²) in [6.45, 7) is 1.07. The molecule has 88 valence electrons. The molecule has 0 aromatic carbocycles. The van der Waals surface area contributed by atoms with Crippen molar-refractivity contribution in [2.75, 3.05) is 25.6 Å². The second-order valence-corrected chi connectivity index (χ2v) is 3.13. The zero-order chi connectivity index (χ0) is 12.0. The second-order valence-electron chi connectivity index (χ2n) is 3.13. The fourth-order valence-electron chi connectivity index (χ4n) is 1.21. The molecular weight excluding hydrogens is 214 g/mol. The van der Waals surface area contributed by atoms with Crippen molar-refractivity contribution in [3.63, 3.8) is 0 Å². The van der Waals surface area contributed by atoms with E-state index in [0.29, 0.717) is 24.3 Å². The van der Waals surface area contributed by atoms with Crippen LogP contribution in [0.5, 0.6) is 0 Å². The molecule has 0 amide bonds. The average Bonchev–Trinajstić information content (AvgIpc) is 2.24. The summed E-state index contributed by atoms with van der Waals surface area (Å²) in [4.78, 5) is 10.1. The van der Waals surface area contributed by atoms with Gasteiger partial charge >= 0.3 is 5.69 Å². The first-order valence-electron chi connectivity index (χ1n) is 4.75. The van der Waals surface area contributed by atoms with Gasteiger partial charge in [-0.3, -0.25) is 10.1 Å². The van der Waals surface area contributed by atoms with Crippen LogP contribution in [-0.4, -0.2) is 25.2 Å². The minimum atomic E-state index is -0.529. The van der Waals surface area contributed by atoms with Crippen LogP contribution in [0.4, 0.5) is 11.4 Å². The van der Waals surface area contributed by atoms with Gasteiger partial charge in [-0.2, -0.15) is 4.73 Å². The standard InChI is InChI=1S/C9H13N3O4/c1-16-6-2-4-10-8-7-11(13)5-3-9(8)12(14)15/h3,5,7,10H,2,4,6H2,1H3. The first kappa shape index (κ1) is 12.2. The van der Waals surface area contributed by atoms with Crippen molar-refractivity contribution >= 4 is 11.4 Å². The van der Waals surface area contributed by atoms with Crippen LogP contribution in [0.25, 0.3) is 0 Å². The molecule has 0 fully saturated rings. The zero-order valence-electron chi connectivity index (χ0n) is 8.88. The van der Waals surface area contributed by atoms with Crippen LogP contribution >= 0.6 is 0 Å². The van der Waals surface area contributed by atoms with Gasteiger partial charge in [0.1, 0.15) is 0 Å². The van der Waals surface area contributed by atoms with E-state index in [1.807, 2.05) is 0 Å². The number of methoxy groups -OCH3 is 1. The van der Waals surface area contributed by atoms with E-state index in [1.54, 1.807) is 7.11 Å². The highest BCUT2D eigenvalue weighted by molar-refractivity contribution is 5.58. The fourth-order valence-corrected chi connectivity index (χ4v) is 1.21. The number of nitrogens with one attached hydrogen (secondary N) is 1. The highest BCUT2D eigenvalue weighted by Crippen LogP contribution is 2.20. The largest absolute Gasteiger partial charge is 0.619 e. The van der Waals surface area contributed by atoms with Gasteiger partial charge in [0.15, 0.2) is 11.9 Å². The molecule has 0 aliphatic carbocycles. The van der Waals surface area contributed by atoms with E-state index < -0.39 is 4.92 Å². The van der Waals surface area contributed by atoms with Crippen molar-refractivity contribution in [3.05, 3.63) is 33.8 Å². The lowest BCUT2D eigenvalue weighted by molar-refractivity contribution is -0.605. The highest BCUT2D eigenvalue weighted by Gasteiger charge is 2.16. The summed E-state index contributed by atoms with van der Waals surface area (Å²) in [6, 6.07) is 1.17. The molecule has 0 atom stereocenters. The lowest BCUT2D eigenvalue weighted by Gasteiger charge is -2.05. The van der Waals surface area contributed by atoms with Gasteiger partial charge in [-0.1, -0.05) is 0 Å². The van der Waals surface area contributed by atoms with Gasteiger partial charge in [-0.25, -0.2) is 0 Å². The van der Waals surface area contributed by atoms with Crippen LogP contribution in [0.2, 0.25) is 0 Å². The lowest BCUT2D eigenvalue weighted by atomic mass is 10.3. The van der Waals surface area contributed by atoms with Crippen LogP contribution in [0.3, 0.4) is 0 Å². The lowest BCUT2D eigenvalue weighted by Crippen LogP contribution is -2.25. The number of hydrogen-bond donors (Lipinski definition) is 1. The molecule has 0 bridgehead atoms. The van der Waals surface area contributed by atoms with E-state index in [1.165, 1.54) is 6.07 Å². The highest BCUT2D eigenvalue weighted by atomic mass is 16.6. The SMILES string of the molecule is COCCCNc1c[n+]([O-])ccc1[N+](=O)[O-]. The third-order valence-corrected chi connectivity index (χ3v) is 1.95. The van der Waals surface area contributed by atoms with E-state index in [4.69, 9.17) is 4.74 Å². The van der Waals surface area contributed by atoms with Gasteiger partial charge < -0.3 is 15.3 Å². The molecule has 1 aromatic heterocycles. The molecular formula is C9H13N3O4. The third kappa shape index (κ3) is 3.35. The number of hydrogen-bond acceptors (Lipinski definition) is 5. The van der Waals surface area contributed by atoms with Crippen molar-refractivity contribution in [2.24, 2.45) is 0 Å².